The molecule has 1 aliphatic heterocycles. The molecule has 0 atom stereocenters. The van der Waals surface area contributed by atoms with E-state index in [-0.39, 0.29) is 27.9 Å². The summed E-state index contributed by atoms with van der Waals surface area (Å²) in [5.74, 6) is -0.511. The molecule has 1 heterocycles. The fourth-order valence-electron chi connectivity index (χ4n) is 2.74. The van der Waals surface area contributed by atoms with Crippen molar-refractivity contribution < 1.29 is 18.4 Å². The lowest BCUT2D eigenvalue weighted by molar-refractivity contribution is -0.117. The Kier molecular flexibility index (Phi) is 6.23. The molecule has 1 aromatic carbocycles. The van der Waals surface area contributed by atoms with Crippen molar-refractivity contribution in [2.24, 2.45) is 9.39 Å². The van der Waals surface area contributed by atoms with Crippen molar-refractivity contribution in [1.82, 2.24) is 9.63 Å². The predicted molar refractivity (Wildman–Crippen MR) is 113 cm³/mol. The molecular formula is C20H19ClN4O4S. The summed E-state index contributed by atoms with van der Waals surface area (Å²) in [6.45, 7) is 0. The van der Waals surface area contributed by atoms with Crippen LogP contribution < -0.4 is 5.36 Å². The molecule has 0 spiro atoms. The number of rotatable bonds is 5. The fourth-order valence-corrected chi connectivity index (χ4v) is 4.08. The Labute approximate surface area is 178 Å². The minimum atomic E-state index is -4.11. The topological polar surface area (TPSA) is 104 Å². The van der Waals surface area contributed by atoms with Gasteiger partial charge in [0.15, 0.2) is 0 Å². The van der Waals surface area contributed by atoms with Crippen molar-refractivity contribution in [3.05, 3.63) is 70.7 Å². The van der Waals surface area contributed by atoms with Crippen LogP contribution in [0.5, 0.6) is 0 Å². The molecule has 1 amide bonds. The second-order valence-electron chi connectivity index (χ2n) is 6.66. The zero-order valence-corrected chi connectivity index (χ0v) is 17.8. The van der Waals surface area contributed by atoms with Gasteiger partial charge in [0.25, 0.3) is 15.9 Å². The summed E-state index contributed by atoms with van der Waals surface area (Å²) in [4.78, 5) is 17.8. The molecule has 8 nitrogen and oxygen atoms in total. The van der Waals surface area contributed by atoms with Crippen molar-refractivity contribution in [3.63, 3.8) is 0 Å². The molecular weight excluding hydrogens is 428 g/mol. The van der Waals surface area contributed by atoms with Crippen molar-refractivity contribution in [2.75, 3.05) is 14.1 Å². The highest BCUT2D eigenvalue weighted by Crippen LogP contribution is 2.28. The number of nitrogens with zero attached hydrogens (tertiary/aromatic N) is 4. The molecule has 0 aromatic heterocycles. The Morgan fingerprint density at radius 2 is 1.93 bits per heavy atom. The number of amides is 1. The molecule has 0 saturated carbocycles. The molecule has 0 unspecified atom stereocenters. The third kappa shape index (κ3) is 4.87. The average molecular weight is 447 g/mol. The lowest BCUT2D eigenvalue weighted by atomic mass is 10.1. The van der Waals surface area contributed by atoms with E-state index >= 15 is 0 Å². The van der Waals surface area contributed by atoms with Crippen molar-refractivity contribution in [2.45, 2.75) is 11.3 Å². The van der Waals surface area contributed by atoms with Gasteiger partial charge in [0, 0.05) is 30.9 Å². The van der Waals surface area contributed by atoms with Gasteiger partial charge >= 0.3 is 0 Å². The van der Waals surface area contributed by atoms with E-state index < -0.39 is 15.9 Å². The number of sulfonamides is 1. The zero-order chi connectivity index (χ0) is 21.9. The summed E-state index contributed by atoms with van der Waals surface area (Å²) in [6.07, 6.45) is 2.45. The Hall–Kier alpha value is -3.17. The standard InChI is InChI=1S/C20H19ClN4O4S/c1-24(2)13-22-30(28,29)19-12-15(11-18-16(19)7-5-9-25(18)27)23-20(26)10-14-6-3-4-8-17(14)21/h3-9,11-13,27H,10H2,1-2H3/b22-13+,23-15?. The maximum absolute atomic E-state index is 12.8. The Morgan fingerprint density at radius 3 is 2.63 bits per heavy atom. The van der Waals surface area contributed by atoms with Gasteiger partial charge in [-0.15, -0.1) is 4.40 Å². The minimum absolute atomic E-state index is 0.0491. The highest BCUT2D eigenvalue weighted by molar-refractivity contribution is 7.90. The van der Waals surface area contributed by atoms with E-state index in [2.05, 4.69) is 9.39 Å². The van der Waals surface area contributed by atoms with Crippen LogP contribution in [0.15, 0.2) is 69.0 Å². The van der Waals surface area contributed by atoms with Crippen LogP contribution in [0.4, 0.5) is 0 Å². The summed E-state index contributed by atoms with van der Waals surface area (Å²) in [5, 5.41) is 10.7. The maximum Gasteiger partial charge on any atom is 0.284 e. The molecule has 30 heavy (non-hydrogen) atoms. The number of pyridine rings is 1. The monoisotopic (exact) mass is 446 g/mol. The minimum Gasteiger partial charge on any atom is -0.428 e. The van der Waals surface area contributed by atoms with Crippen LogP contribution in [0.1, 0.15) is 5.56 Å². The second kappa shape index (κ2) is 8.68. The van der Waals surface area contributed by atoms with Gasteiger partial charge in [-0.2, -0.15) is 13.1 Å². The number of halogens is 1. The molecule has 156 valence electrons. The van der Waals surface area contributed by atoms with E-state index in [9.17, 15) is 18.4 Å². The van der Waals surface area contributed by atoms with Crippen LogP contribution in [-0.4, -0.2) is 49.6 Å². The Balaban J connectivity index is 2.13. The zero-order valence-electron chi connectivity index (χ0n) is 16.2. The van der Waals surface area contributed by atoms with Crippen molar-refractivity contribution in [1.29, 1.82) is 0 Å². The molecule has 1 aliphatic carbocycles. The first-order valence-corrected chi connectivity index (χ1v) is 10.6. The first-order valence-electron chi connectivity index (χ1n) is 8.80. The van der Waals surface area contributed by atoms with Gasteiger partial charge in [-0.3, -0.25) is 4.79 Å². The molecule has 3 rings (SSSR count). The lowest BCUT2D eigenvalue weighted by Crippen LogP contribution is -2.16. The summed E-state index contributed by atoms with van der Waals surface area (Å²) in [6, 6.07) is 12.6. The number of carbonyl (C=O) groups excluding carboxylic acids is 1. The third-order valence-electron chi connectivity index (χ3n) is 4.09. The van der Waals surface area contributed by atoms with Gasteiger partial charge in [-0.05, 0) is 35.9 Å². The largest absolute Gasteiger partial charge is 0.428 e. The molecule has 10 heteroatoms. The highest BCUT2D eigenvalue weighted by atomic mass is 35.5. The normalized spacial score (nSPS) is 12.6. The van der Waals surface area contributed by atoms with Crippen LogP contribution in [0.25, 0.3) is 11.3 Å². The van der Waals surface area contributed by atoms with E-state index in [0.29, 0.717) is 10.6 Å². The molecule has 0 radical (unpaired) electrons. The number of fused-ring (bicyclic) bond motifs is 1. The van der Waals surface area contributed by atoms with Gasteiger partial charge in [0.2, 0.25) is 0 Å². The SMILES string of the molecule is CN(C)/C=N/S(=O)(=O)c1cc(=NC(=O)Cc2ccccc2Cl)cc2n(O)cccc1-2. The second-order valence-corrected chi connectivity index (χ2v) is 8.67. The van der Waals surface area contributed by atoms with Crippen LogP contribution >= 0.6 is 11.6 Å². The van der Waals surface area contributed by atoms with Gasteiger partial charge in [0.1, 0.15) is 11.2 Å². The van der Waals surface area contributed by atoms with Crippen LogP contribution in [0.3, 0.4) is 0 Å². The smallest absolute Gasteiger partial charge is 0.284 e. The van der Waals surface area contributed by atoms with Gasteiger partial charge in [-0.1, -0.05) is 29.8 Å². The van der Waals surface area contributed by atoms with Crippen LogP contribution in [0, 0.1) is 0 Å². The Morgan fingerprint density at radius 1 is 1.20 bits per heavy atom. The summed E-state index contributed by atoms with van der Waals surface area (Å²) in [7, 11) is -0.838. The summed E-state index contributed by atoms with van der Waals surface area (Å²) < 4.78 is 30.0. The maximum atomic E-state index is 12.8. The first-order chi connectivity index (χ1) is 14.2. The third-order valence-corrected chi connectivity index (χ3v) is 5.72. The van der Waals surface area contributed by atoms with E-state index in [1.807, 2.05) is 0 Å². The number of carbonyl (C=O) groups is 1. The fraction of sp³-hybridized carbons (Fsp3) is 0.150. The van der Waals surface area contributed by atoms with Gasteiger partial charge < -0.3 is 10.1 Å². The molecule has 1 N–H and O–H groups in total. The molecule has 0 fully saturated rings. The van der Waals surface area contributed by atoms with E-state index in [1.165, 1.54) is 35.4 Å². The predicted octanol–water partition coefficient (Wildman–Crippen LogP) is 2.43. The molecule has 2 aliphatic rings. The number of hydrogen-bond donors (Lipinski definition) is 1. The molecule has 0 bridgehead atoms. The van der Waals surface area contributed by atoms with Crippen LogP contribution in [0.2, 0.25) is 5.02 Å². The molecule has 0 saturated heterocycles. The van der Waals surface area contributed by atoms with Crippen molar-refractivity contribution >= 4 is 33.9 Å². The quantitative estimate of drug-likeness (QED) is 0.368. The Bertz CT molecular complexity index is 1270. The number of benzene rings is 2. The summed E-state index contributed by atoms with van der Waals surface area (Å²) in [5.41, 5.74) is 1.02. The van der Waals surface area contributed by atoms with E-state index in [1.54, 1.807) is 38.4 Å². The first kappa shape index (κ1) is 21.5. The number of aromatic nitrogens is 1. The lowest BCUT2D eigenvalue weighted by Gasteiger charge is -2.13. The van der Waals surface area contributed by atoms with E-state index in [4.69, 9.17) is 11.6 Å². The van der Waals surface area contributed by atoms with Crippen molar-refractivity contribution in [3.8, 4) is 11.3 Å². The summed E-state index contributed by atoms with van der Waals surface area (Å²) >= 11 is 6.09. The average Bonchev–Trinajstić information content (AvgIpc) is 2.68. The van der Waals surface area contributed by atoms with E-state index in [0.717, 1.165) is 11.1 Å². The van der Waals surface area contributed by atoms with Gasteiger partial charge in [0.05, 0.1) is 17.5 Å². The highest BCUT2D eigenvalue weighted by Gasteiger charge is 2.22. The van der Waals surface area contributed by atoms with Gasteiger partial charge in [-0.25, -0.2) is 4.99 Å². The molecule has 1 aromatic rings. The number of hydrogen-bond acceptors (Lipinski definition) is 4. The van der Waals surface area contributed by atoms with Crippen LogP contribution in [-0.2, 0) is 21.2 Å².